The van der Waals surface area contributed by atoms with Crippen LogP contribution in [0.5, 0.6) is 17.2 Å². The van der Waals surface area contributed by atoms with Gasteiger partial charge in [0.2, 0.25) is 5.91 Å². The van der Waals surface area contributed by atoms with Crippen LogP contribution in [0.25, 0.3) is 32.3 Å². The molecule has 0 saturated heterocycles. The van der Waals surface area contributed by atoms with Crippen molar-refractivity contribution in [2.24, 2.45) is 0 Å². The molecule has 0 spiro atoms. The van der Waals surface area contributed by atoms with Crippen LogP contribution in [0.1, 0.15) is 27.6 Å². The Morgan fingerprint density at radius 1 is 0.416 bits per heavy atom. The lowest BCUT2D eigenvalue weighted by Crippen LogP contribution is -2.16. The Kier molecular flexibility index (Phi) is 14.2. The third-order valence-electron chi connectivity index (χ3n) is 11.0. The zero-order valence-corrected chi connectivity index (χ0v) is 43.2. The molecule has 0 aliphatic heterocycles. The maximum atomic E-state index is 14.7. The molecular formula is C46H33N3O22S6. The maximum absolute atomic E-state index is 14.7. The maximum Gasteiger partial charge on any atom is 0.339 e. The van der Waals surface area contributed by atoms with Crippen LogP contribution in [0.4, 0.5) is 17.1 Å². The Bertz CT molecular complexity index is 4570. The van der Waals surface area contributed by atoms with Crippen molar-refractivity contribution in [2.75, 3.05) is 16.0 Å². The Labute approximate surface area is 436 Å². The van der Waals surface area contributed by atoms with Crippen LogP contribution in [0, 0.1) is 0 Å². The van der Waals surface area contributed by atoms with Crippen LogP contribution in [0.2, 0.25) is 0 Å². The Morgan fingerprint density at radius 3 is 1.19 bits per heavy atom. The average Bonchev–Trinajstić information content (AvgIpc) is 3.36. The molecule has 8 N–H and O–H groups in total. The van der Waals surface area contributed by atoms with Crippen LogP contribution >= 0.6 is 0 Å². The summed E-state index contributed by atoms with van der Waals surface area (Å²) in [7, 11) is -32.4. The van der Waals surface area contributed by atoms with Crippen molar-refractivity contribution in [3.05, 3.63) is 145 Å². The fourth-order valence-electron chi connectivity index (χ4n) is 7.73. The number of hydrogen-bond acceptors (Lipinski definition) is 18. The van der Waals surface area contributed by atoms with Crippen LogP contribution in [0.15, 0.2) is 163 Å². The molecule has 0 atom stereocenters. The number of carbonyl (C=O) groups excluding carboxylic acids is 3. The van der Waals surface area contributed by atoms with Gasteiger partial charge in [-0.3, -0.25) is 32.6 Å². The molecule has 0 radical (unpaired) electrons. The predicted octanol–water partition coefficient (Wildman–Crippen LogP) is 5.84. The third-order valence-corrected chi connectivity index (χ3v) is 16.8. The van der Waals surface area contributed by atoms with Gasteiger partial charge in [-0.05, 0) is 89.6 Å². The number of rotatable bonds is 15. The van der Waals surface area contributed by atoms with Crippen molar-refractivity contribution < 1.29 is 96.6 Å². The van der Waals surface area contributed by atoms with Crippen molar-refractivity contribution in [1.82, 2.24) is 0 Å². The number of phenols is 1. The molecule has 77 heavy (non-hydrogen) atoms. The summed E-state index contributed by atoms with van der Waals surface area (Å²) in [5, 5.41) is 14.7. The largest absolute Gasteiger partial charge is 0.507 e. The van der Waals surface area contributed by atoms with E-state index >= 15 is 0 Å². The minimum Gasteiger partial charge on any atom is -0.507 e. The summed E-state index contributed by atoms with van der Waals surface area (Å²) in [6.45, 7) is 0.999. The lowest BCUT2D eigenvalue weighted by molar-refractivity contribution is -0.114. The van der Waals surface area contributed by atoms with Crippen LogP contribution < -0.4 is 24.3 Å². The minimum absolute atomic E-state index is 0.0521. The molecule has 0 aromatic heterocycles. The van der Waals surface area contributed by atoms with E-state index in [1.165, 1.54) is 48.5 Å². The number of phenolic OH excluding ortho intramolecular Hbond substituents is 1. The van der Waals surface area contributed by atoms with E-state index in [4.69, 9.17) is 8.37 Å². The third kappa shape index (κ3) is 11.7. The van der Waals surface area contributed by atoms with Gasteiger partial charge in [0, 0.05) is 57.8 Å². The number of nitrogens with one attached hydrogen (secondary N) is 3. The highest BCUT2D eigenvalue weighted by Crippen LogP contribution is 2.44. The number of benzene rings is 8. The van der Waals surface area contributed by atoms with Gasteiger partial charge in [-0.1, -0.05) is 36.4 Å². The van der Waals surface area contributed by atoms with Crippen molar-refractivity contribution in [2.45, 2.75) is 36.3 Å². The Balaban J connectivity index is 1.34. The second-order valence-corrected chi connectivity index (χ2v) is 25.0. The van der Waals surface area contributed by atoms with Gasteiger partial charge in [0.15, 0.2) is 11.5 Å². The topological polar surface area (TPSA) is 412 Å². The van der Waals surface area contributed by atoms with Crippen LogP contribution in [0.3, 0.4) is 0 Å². The highest BCUT2D eigenvalue weighted by molar-refractivity contribution is 7.88. The van der Waals surface area contributed by atoms with E-state index in [1.54, 1.807) is 12.1 Å². The van der Waals surface area contributed by atoms with Gasteiger partial charge in [-0.25, -0.2) is 0 Å². The molecule has 8 rings (SSSR count). The predicted molar refractivity (Wildman–Crippen MR) is 271 cm³/mol. The molecule has 0 aliphatic rings. The Morgan fingerprint density at radius 2 is 0.805 bits per heavy atom. The fraction of sp³-hybridized carbons (Fsp3) is 0.0217. The van der Waals surface area contributed by atoms with E-state index < -0.39 is 169 Å². The molecule has 400 valence electrons. The number of aromatic hydroxyl groups is 1. The lowest BCUT2D eigenvalue weighted by Gasteiger charge is -2.18. The molecule has 3 amide bonds. The Hall–Kier alpha value is -8.11. The summed E-state index contributed by atoms with van der Waals surface area (Å²) in [5.74, 6) is -6.04. The molecular weight excluding hydrogens is 1140 g/mol. The van der Waals surface area contributed by atoms with Gasteiger partial charge in [0.25, 0.3) is 52.3 Å². The summed E-state index contributed by atoms with van der Waals surface area (Å²) in [5.41, 5.74) is -1.75. The molecule has 0 bridgehead atoms. The zero-order chi connectivity index (χ0) is 56.4. The van der Waals surface area contributed by atoms with Gasteiger partial charge < -0.3 is 29.4 Å². The second kappa shape index (κ2) is 19.8. The summed E-state index contributed by atoms with van der Waals surface area (Å²) in [4.78, 5) is 32.7. The summed E-state index contributed by atoms with van der Waals surface area (Å²) < 4.78 is 210. The van der Waals surface area contributed by atoms with Crippen LogP contribution in [-0.4, -0.2) is 91.5 Å². The minimum atomic E-state index is -5.64. The van der Waals surface area contributed by atoms with Crippen molar-refractivity contribution in [3.63, 3.8) is 0 Å². The first-order valence-corrected chi connectivity index (χ1v) is 29.6. The van der Waals surface area contributed by atoms with Gasteiger partial charge in [0.1, 0.15) is 15.5 Å². The zero-order valence-electron chi connectivity index (χ0n) is 38.3. The lowest BCUT2D eigenvalue weighted by atomic mass is 10.1. The van der Waals surface area contributed by atoms with E-state index in [9.17, 15) is 88.2 Å². The molecule has 0 aliphatic carbocycles. The normalized spacial score (nSPS) is 12.5. The van der Waals surface area contributed by atoms with Gasteiger partial charge in [0.05, 0.1) is 36.6 Å². The van der Waals surface area contributed by atoms with Crippen LogP contribution in [-0.2, 0) is 65.5 Å². The highest BCUT2D eigenvalue weighted by Gasteiger charge is 2.31. The molecule has 8 aromatic rings. The van der Waals surface area contributed by atoms with Gasteiger partial charge >= 0.3 is 20.2 Å². The van der Waals surface area contributed by atoms with Gasteiger partial charge in [-0.15, -0.1) is 0 Å². The van der Waals surface area contributed by atoms with E-state index in [-0.39, 0.29) is 16.8 Å². The molecule has 8 aromatic carbocycles. The monoisotopic (exact) mass is 1170 g/mol. The quantitative estimate of drug-likeness (QED) is 0.0441. The first-order valence-electron chi connectivity index (χ1n) is 21.0. The van der Waals surface area contributed by atoms with E-state index in [0.717, 1.165) is 13.0 Å². The molecule has 31 heteroatoms. The van der Waals surface area contributed by atoms with E-state index in [2.05, 4.69) is 16.0 Å². The van der Waals surface area contributed by atoms with Crippen molar-refractivity contribution in [1.29, 1.82) is 0 Å². The van der Waals surface area contributed by atoms with E-state index in [1.807, 2.05) is 0 Å². The van der Waals surface area contributed by atoms with E-state index in [0.29, 0.717) is 66.7 Å². The summed E-state index contributed by atoms with van der Waals surface area (Å²) in [6, 6.07) is 21.4. The number of fused-ring (bicyclic) bond motifs is 3. The summed E-state index contributed by atoms with van der Waals surface area (Å²) in [6.07, 6.45) is 0. The molecule has 25 nitrogen and oxygen atoms in total. The SMILES string of the molecule is CC(=O)Nc1ccc(S(=O)(=O)Oc2cc(S(=O)(=O)O)cc3cc(S(=O)(=O)O)cc(NC(=O)c4ccccc4)c23)c2cc(S(=O)(=O)Oc3cc(S(=O)(=O)O)cc4cc(S(=O)(=O)O)cc(NC(=O)c5ccccc5)c34)cc(O)c12. The number of hydrogen-bond donors (Lipinski definition) is 8. The number of amides is 3. The fourth-order valence-corrected chi connectivity index (χ4v) is 12.0. The van der Waals surface area contributed by atoms with Crippen molar-refractivity contribution >= 4 is 128 Å². The first-order chi connectivity index (χ1) is 35.7. The molecule has 0 saturated carbocycles. The number of carbonyl (C=O) groups is 3. The molecule has 0 fully saturated rings. The standard InChI is InChI=1S/C46H33N3O22S6/c1-24(50)47-35-12-13-41(77(68,69)71-40-23-32(75(63,64)65)17-28-15-30(73(57,58)59)20-37(43(28)40)49-46(53)26-10-6-3-7-11-26)34-18-33(21-38(51)44(34)35)76(66,67)70-39-22-31(74(60,61)62)16-27-14-29(72(54,55)56)19-36(42(27)39)48-45(52)25-8-4-2-5-9-25/h2-23,51H,1H3,(H,47,50)(H,48,52)(H,49,53)(H,54,55,56)(H,57,58,59)(H,60,61,62)(H,63,64,65). The molecule has 0 heterocycles. The summed E-state index contributed by atoms with van der Waals surface area (Å²) >= 11 is 0. The van der Waals surface area contributed by atoms with Gasteiger partial charge in [-0.2, -0.15) is 50.5 Å². The number of anilines is 3. The second-order valence-electron chi connectivity index (χ2n) is 16.3. The smallest absolute Gasteiger partial charge is 0.339 e. The average molecular weight is 1170 g/mol. The van der Waals surface area contributed by atoms with Crippen molar-refractivity contribution in [3.8, 4) is 17.2 Å². The molecule has 0 unspecified atom stereocenters. The first kappa shape index (κ1) is 55.1. The highest BCUT2D eigenvalue weighted by atomic mass is 32.2.